The molecule has 1 amide bonds. The summed E-state index contributed by atoms with van der Waals surface area (Å²) < 4.78 is 11.8. The number of carbonyl (C=O) groups is 1. The van der Waals surface area contributed by atoms with Gasteiger partial charge in [-0.25, -0.2) is 5.43 Å². The molecule has 1 saturated carbocycles. The lowest BCUT2D eigenvalue weighted by atomic mass is 9.82. The zero-order valence-corrected chi connectivity index (χ0v) is 21.2. The summed E-state index contributed by atoms with van der Waals surface area (Å²) in [7, 11) is 2.16. The van der Waals surface area contributed by atoms with Gasteiger partial charge in [0.05, 0.1) is 32.1 Å². The Bertz CT molecular complexity index is 965. The Hall–Kier alpha value is -2.49. The smallest absolute Gasteiger partial charge is 0.252 e. The Kier molecular flexibility index (Phi) is 8.51. The van der Waals surface area contributed by atoms with Crippen LogP contribution in [0.4, 0.5) is 5.69 Å². The number of hydrogen-bond donors (Lipinski definition) is 3. The van der Waals surface area contributed by atoms with Gasteiger partial charge in [-0.05, 0) is 56.1 Å². The lowest BCUT2D eigenvalue weighted by Crippen LogP contribution is -2.47. The first kappa shape index (κ1) is 25.2. The highest BCUT2D eigenvalue weighted by Crippen LogP contribution is 2.31. The second-order valence-corrected chi connectivity index (χ2v) is 10.2. The van der Waals surface area contributed by atoms with E-state index in [1.807, 2.05) is 30.3 Å². The maximum atomic E-state index is 12.9. The number of ether oxygens (including phenoxy) is 2. The number of anilines is 1. The van der Waals surface area contributed by atoms with Crippen LogP contribution in [0.2, 0.25) is 0 Å². The molecule has 0 aromatic heterocycles. The molecule has 36 heavy (non-hydrogen) atoms. The number of benzene rings is 2. The van der Waals surface area contributed by atoms with Gasteiger partial charge in [-0.1, -0.05) is 30.3 Å². The summed E-state index contributed by atoms with van der Waals surface area (Å²) in [6.45, 7) is 6.00. The fourth-order valence-corrected chi connectivity index (χ4v) is 5.47. The first-order chi connectivity index (χ1) is 17.7. The van der Waals surface area contributed by atoms with Gasteiger partial charge < -0.3 is 24.6 Å². The summed E-state index contributed by atoms with van der Waals surface area (Å²) in [5, 5.41) is 3.20. The number of piperazine rings is 1. The van der Waals surface area contributed by atoms with E-state index in [0.29, 0.717) is 37.3 Å². The maximum absolute atomic E-state index is 12.9. The minimum atomic E-state index is -0.0741. The number of nitrogens with one attached hydrogen (secondary N) is 3. The van der Waals surface area contributed by atoms with E-state index in [1.165, 1.54) is 11.3 Å². The molecule has 1 aliphatic carbocycles. The molecule has 2 aromatic carbocycles. The Morgan fingerprint density at radius 3 is 2.53 bits per heavy atom. The van der Waals surface area contributed by atoms with Crippen LogP contribution in [0, 0.1) is 5.92 Å². The summed E-state index contributed by atoms with van der Waals surface area (Å²) in [5.41, 5.74) is 9.76. The molecule has 2 saturated heterocycles. The molecule has 4 unspecified atom stereocenters. The number of nitrogens with zero attached hydrogens (tertiary/aromatic N) is 2. The van der Waals surface area contributed by atoms with Gasteiger partial charge >= 0.3 is 0 Å². The van der Waals surface area contributed by atoms with Crippen molar-refractivity contribution >= 4 is 11.6 Å². The molecule has 0 radical (unpaired) electrons. The van der Waals surface area contributed by atoms with E-state index in [0.717, 1.165) is 45.4 Å². The Labute approximate surface area is 214 Å². The molecule has 2 heterocycles. The fourth-order valence-electron chi connectivity index (χ4n) is 5.47. The zero-order valence-electron chi connectivity index (χ0n) is 21.2. The summed E-state index contributed by atoms with van der Waals surface area (Å²) in [6, 6.07) is 18.5. The van der Waals surface area contributed by atoms with E-state index in [2.05, 4.69) is 57.3 Å². The molecule has 8 nitrogen and oxygen atoms in total. The van der Waals surface area contributed by atoms with Crippen LogP contribution in [-0.2, 0) is 16.1 Å². The number of amides is 1. The molecule has 4 atom stereocenters. The van der Waals surface area contributed by atoms with E-state index in [-0.39, 0.29) is 18.2 Å². The first-order valence-electron chi connectivity index (χ1n) is 13.2. The van der Waals surface area contributed by atoms with Crippen molar-refractivity contribution < 1.29 is 14.3 Å². The summed E-state index contributed by atoms with van der Waals surface area (Å²) in [6.07, 6.45) is 3.08. The molecule has 3 aliphatic rings. The van der Waals surface area contributed by atoms with Crippen molar-refractivity contribution in [1.29, 1.82) is 0 Å². The third kappa shape index (κ3) is 6.44. The van der Waals surface area contributed by atoms with Crippen LogP contribution in [0.3, 0.4) is 0 Å². The van der Waals surface area contributed by atoms with E-state index in [4.69, 9.17) is 9.47 Å². The SMILES string of the molecule is CN1CCN(c2ccc(C(=O)NC3NNC4CC(OCCOCc5ccccc5)CCC43)cc2)CC1. The van der Waals surface area contributed by atoms with Crippen LogP contribution in [0.15, 0.2) is 54.6 Å². The molecular weight excluding hydrogens is 454 g/mol. The highest BCUT2D eigenvalue weighted by molar-refractivity contribution is 5.94. The summed E-state index contributed by atoms with van der Waals surface area (Å²) in [5.74, 6) is 0.321. The third-order valence-electron chi connectivity index (χ3n) is 7.69. The fraction of sp³-hybridized carbons (Fsp3) is 0.536. The highest BCUT2D eigenvalue weighted by Gasteiger charge is 2.41. The molecule has 0 spiro atoms. The monoisotopic (exact) mass is 493 g/mol. The van der Waals surface area contributed by atoms with Crippen LogP contribution < -0.4 is 21.1 Å². The van der Waals surface area contributed by atoms with Crippen molar-refractivity contribution in [3.63, 3.8) is 0 Å². The highest BCUT2D eigenvalue weighted by atomic mass is 16.5. The van der Waals surface area contributed by atoms with Crippen molar-refractivity contribution in [2.24, 2.45) is 5.92 Å². The number of rotatable bonds is 9. The van der Waals surface area contributed by atoms with E-state index in [9.17, 15) is 4.79 Å². The van der Waals surface area contributed by atoms with Gasteiger partial charge in [-0.15, -0.1) is 0 Å². The van der Waals surface area contributed by atoms with Gasteiger partial charge in [-0.2, -0.15) is 0 Å². The van der Waals surface area contributed by atoms with Crippen molar-refractivity contribution in [2.45, 2.75) is 44.2 Å². The van der Waals surface area contributed by atoms with Gasteiger partial charge in [-0.3, -0.25) is 10.2 Å². The van der Waals surface area contributed by atoms with E-state index >= 15 is 0 Å². The van der Waals surface area contributed by atoms with Crippen molar-refractivity contribution in [3.8, 4) is 0 Å². The van der Waals surface area contributed by atoms with Crippen LogP contribution in [-0.4, -0.2) is 75.6 Å². The van der Waals surface area contributed by atoms with E-state index < -0.39 is 0 Å². The minimum Gasteiger partial charge on any atom is -0.376 e. The lowest BCUT2D eigenvalue weighted by Gasteiger charge is -2.34. The number of hydrogen-bond acceptors (Lipinski definition) is 7. The molecule has 3 fully saturated rings. The predicted octanol–water partition coefficient (Wildman–Crippen LogP) is 2.37. The molecule has 5 rings (SSSR count). The van der Waals surface area contributed by atoms with Crippen LogP contribution in [0.1, 0.15) is 35.2 Å². The Morgan fingerprint density at radius 1 is 0.972 bits per heavy atom. The van der Waals surface area contributed by atoms with Crippen molar-refractivity contribution in [1.82, 2.24) is 21.1 Å². The molecule has 0 bridgehead atoms. The van der Waals surface area contributed by atoms with Gasteiger partial charge in [0.2, 0.25) is 0 Å². The molecule has 2 aromatic rings. The number of carbonyl (C=O) groups excluding carboxylic acids is 1. The van der Waals surface area contributed by atoms with Crippen LogP contribution in [0.25, 0.3) is 0 Å². The van der Waals surface area contributed by atoms with Gasteiger partial charge in [0, 0.05) is 49.4 Å². The molecule has 3 N–H and O–H groups in total. The quantitative estimate of drug-likeness (QED) is 0.463. The minimum absolute atomic E-state index is 0.0335. The number of likely N-dealkylation sites (N-methyl/N-ethyl adjacent to an activating group) is 1. The molecule has 8 heteroatoms. The normalized spacial score (nSPS) is 26.5. The van der Waals surface area contributed by atoms with Gasteiger partial charge in [0.15, 0.2) is 0 Å². The second kappa shape index (κ2) is 12.2. The Morgan fingerprint density at radius 2 is 1.75 bits per heavy atom. The van der Waals surface area contributed by atoms with Crippen LogP contribution >= 0.6 is 0 Å². The largest absolute Gasteiger partial charge is 0.376 e. The predicted molar refractivity (Wildman–Crippen MR) is 141 cm³/mol. The van der Waals surface area contributed by atoms with Crippen molar-refractivity contribution in [2.75, 3.05) is 51.3 Å². The second-order valence-electron chi connectivity index (χ2n) is 10.2. The summed E-state index contributed by atoms with van der Waals surface area (Å²) in [4.78, 5) is 17.7. The average Bonchev–Trinajstić information content (AvgIpc) is 3.31. The topological polar surface area (TPSA) is 78.1 Å². The zero-order chi connectivity index (χ0) is 24.7. The van der Waals surface area contributed by atoms with Gasteiger partial charge in [0.25, 0.3) is 5.91 Å². The molecule has 2 aliphatic heterocycles. The maximum Gasteiger partial charge on any atom is 0.252 e. The van der Waals surface area contributed by atoms with Crippen LogP contribution in [0.5, 0.6) is 0 Å². The Balaban J connectivity index is 1.03. The molecular formula is C28H39N5O3. The average molecular weight is 494 g/mol. The number of fused-ring (bicyclic) bond motifs is 1. The summed E-state index contributed by atoms with van der Waals surface area (Å²) >= 11 is 0. The third-order valence-corrected chi connectivity index (χ3v) is 7.69. The van der Waals surface area contributed by atoms with E-state index in [1.54, 1.807) is 0 Å². The van der Waals surface area contributed by atoms with Crippen molar-refractivity contribution in [3.05, 3.63) is 65.7 Å². The van der Waals surface area contributed by atoms with Gasteiger partial charge in [0.1, 0.15) is 0 Å². The first-order valence-corrected chi connectivity index (χ1v) is 13.2. The standard InChI is InChI=1S/C28H39N5O3/c1-32-13-15-33(16-14-32)23-9-7-22(8-10-23)28(34)29-27-25-12-11-24(19-26(25)30-31-27)36-18-17-35-20-21-5-3-2-4-6-21/h2-10,24-27,30-31H,11-20H2,1H3,(H,29,34). The lowest BCUT2D eigenvalue weighted by molar-refractivity contribution is -0.0239. The molecule has 194 valence electrons. The number of hydrazine groups is 1.